The minimum absolute atomic E-state index is 0.177. The molecular weight excluding hydrogens is 373 g/mol. The fraction of sp³-hybridized carbons (Fsp3) is 0.632. The van der Waals surface area contributed by atoms with Crippen molar-refractivity contribution in [3.63, 3.8) is 0 Å². The third-order valence-corrected chi connectivity index (χ3v) is 5.65. The van der Waals surface area contributed by atoms with E-state index < -0.39 is 11.9 Å². The predicted octanol–water partition coefficient (Wildman–Crippen LogP) is 3.69. The second-order valence-electron chi connectivity index (χ2n) is 7.46. The van der Waals surface area contributed by atoms with E-state index in [4.69, 9.17) is 4.52 Å². The van der Waals surface area contributed by atoms with Crippen LogP contribution in [0.3, 0.4) is 0 Å². The van der Waals surface area contributed by atoms with Gasteiger partial charge < -0.3 is 9.42 Å². The van der Waals surface area contributed by atoms with Crippen LogP contribution in [-0.2, 0) is 36.8 Å². The van der Waals surface area contributed by atoms with Crippen molar-refractivity contribution in [2.75, 3.05) is 6.54 Å². The van der Waals surface area contributed by atoms with Crippen LogP contribution < -0.4 is 0 Å². The van der Waals surface area contributed by atoms with Gasteiger partial charge in [-0.3, -0.25) is 9.48 Å². The van der Waals surface area contributed by atoms with Gasteiger partial charge in [-0.1, -0.05) is 12.1 Å². The molecule has 1 atom stereocenters. The van der Waals surface area contributed by atoms with Crippen LogP contribution in [0.15, 0.2) is 10.6 Å². The molecule has 2 aromatic heterocycles. The van der Waals surface area contributed by atoms with Crippen molar-refractivity contribution in [1.82, 2.24) is 19.8 Å². The number of halogens is 3. The maximum Gasteiger partial charge on any atom is 0.435 e. The van der Waals surface area contributed by atoms with Gasteiger partial charge in [0.05, 0.1) is 11.7 Å². The number of fused-ring (bicyclic) bond motifs is 1. The Hall–Kier alpha value is -2.32. The van der Waals surface area contributed by atoms with Crippen molar-refractivity contribution in [2.45, 2.75) is 70.6 Å². The Morgan fingerprint density at radius 2 is 2.07 bits per heavy atom. The van der Waals surface area contributed by atoms with E-state index in [9.17, 15) is 18.0 Å². The summed E-state index contributed by atoms with van der Waals surface area (Å²) in [5.41, 5.74) is 0.795. The monoisotopic (exact) mass is 396 g/mol. The third-order valence-electron chi connectivity index (χ3n) is 5.65. The van der Waals surface area contributed by atoms with Crippen LogP contribution >= 0.6 is 0 Å². The molecule has 1 saturated heterocycles. The maximum absolute atomic E-state index is 13.4. The third kappa shape index (κ3) is 3.42. The number of aromatic nitrogens is 3. The summed E-state index contributed by atoms with van der Waals surface area (Å²) in [7, 11) is 0. The Balaban J connectivity index is 1.57. The molecule has 1 unspecified atom stereocenters. The summed E-state index contributed by atoms with van der Waals surface area (Å²) >= 11 is 0. The zero-order valence-corrected chi connectivity index (χ0v) is 15.8. The molecule has 0 N–H and O–H groups in total. The van der Waals surface area contributed by atoms with Crippen molar-refractivity contribution >= 4 is 5.91 Å². The molecule has 1 aliphatic heterocycles. The Morgan fingerprint density at radius 3 is 2.79 bits per heavy atom. The molecule has 2 aliphatic rings. The summed E-state index contributed by atoms with van der Waals surface area (Å²) in [6, 6.07) is 1.64. The van der Waals surface area contributed by atoms with Crippen molar-refractivity contribution in [3.05, 3.63) is 34.5 Å². The molecular formula is C19H23F3N4O2. The van der Waals surface area contributed by atoms with E-state index in [2.05, 4.69) is 10.3 Å². The molecule has 2 aromatic rings. The molecule has 0 bridgehead atoms. The van der Waals surface area contributed by atoms with Crippen LogP contribution in [0.1, 0.15) is 67.1 Å². The topological polar surface area (TPSA) is 64.2 Å². The van der Waals surface area contributed by atoms with Crippen molar-refractivity contribution < 1.29 is 22.5 Å². The molecule has 0 radical (unpaired) electrons. The lowest BCUT2D eigenvalue weighted by Crippen LogP contribution is -2.34. The highest BCUT2D eigenvalue weighted by atomic mass is 19.4. The van der Waals surface area contributed by atoms with Gasteiger partial charge in [0.1, 0.15) is 6.54 Å². The first-order chi connectivity index (χ1) is 13.4. The van der Waals surface area contributed by atoms with Gasteiger partial charge in [0.15, 0.2) is 11.5 Å². The number of hydrogen-bond acceptors (Lipinski definition) is 4. The van der Waals surface area contributed by atoms with Gasteiger partial charge in [-0.2, -0.15) is 18.3 Å². The van der Waals surface area contributed by atoms with E-state index in [0.717, 1.165) is 37.8 Å². The van der Waals surface area contributed by atoms with Gasteiger partial charge in [-0.25, -0.2) is 0 Å². The molecule has 152 valence electrons. The van der Waals surface area contributed by atoms with E-state index in [1.54, 1.807) is 4.90 Å². The second-order valence-corrected chi connectivity index (χ2v) is 7.46. The molecule has 0 saturated carbocycles. The largest absolute Gasteiger partial charge is 0.435 e. The van der Waals surface area contributed by atoms with Crippen LogP contribution in [0.5, 0.6) is 0 Å². The second kappa shape index (κ2) is 7.25. The van der Waals surface area contributed by atoms with Gasteiger partial charge >= 0.3 is 6.18 Å². The standard InChI is InChI=1S/C19H23F3N4O2/c1-2-12-10-16(28-24-12)15-8-5-9-25(15)17(27)11-26-14-7-4-3-6-13(14)18(23-26)19(20,21)22/h10,15H,2-9,11H2,1H3. The summed E-state index contributed by atoms with van der Waals surface area (Å²) in [4.78, 5) is 14.6. The number of aryl methyl sites for hydroxylation is 1. The first-order valence-corrected chi connectivity index (χ1v) is 9.79. The van der Waals surface area contributed by atoms with E-state index >= 15 is 0 Å². The highest BCUT2D eigenvalue weighted by Crippen LogP contribution is 2.36. The summed E-state index contributed by atoms with van der Waals surface area (Å²) < 4.78 is 46.7. The summed E-state index contributed by atoms with van der Waals surface area (Å²) in [5, 5.41) is 7.79. The van der Waals surface area contributed by atoms with E-state index in [1.165, 1.54) is 4.68 Å². The Labute approximate surface area is 160 Å². The van der Waals surface area contributed by atoms with Gasteiger partial charge in [-0.05, 0) is 44.9 Å². The average Bonchev–Trinajstić information content (AvgIpc) is 3.39. The molecule has 3 heterocycles. The average molecular weight is 396 g/mol. The lowest BCUT2D eigenvalue weighted by atomic mass is 9.95. The Morgan fingerprint density at radius 1 is 1.29 bits per heavy atom. The van der Waals surface area contributed by atoms with Crippen LogP contribution in [0.25, 0.3) is 0 Å². The van der Waals surface area contributed by atoms with Crippen LogP contribution in [-0.4, -0.2) is 32.3 Å². The molecule has 0 aromatic carbocycles. The lowest BCUT2D eigenvalue weighted by Gasteiger charge is -2.23. The number of rotatable bonds is 4. The molecule has 6 nitrogen and oxygen atoms in total. The minimum Gasteiger partial charge on any atom is -0.359 e. The van der Waals surface area contributed by atoms with Crippen molar-refractivity contribution in [3.8, 4) is 0 Å². The zero-order valence-electron chi connectivity index (χ0n) is 15.8. The highest BCUT2D eigenvalue weighted by Gasteiger charge is 2.40. The number of likely N-dealkylation sites (tertiary alicyclic amines) is 1. The molecule has 1 amide bonds. The quantitative estimate of drug-likeness (QED) is 0.791. The Kier molecular flexibility index (Phi) is 4.93. The first-order valence-electron chi connectivity index (χ1n) is 9.79. The number of amides is 1. The molecule has 1 fully saturated rings. The van der Waals surface area contributed by atoms with Gasteiger partial charge in [0, 0.05) is 23.9 Å². The predicted molar refractivity (Wildman–Crippen MR) is 93.4 cm³/mol. The van der Waals surface area contributed by atoms with Gasteiger partial charge in [0.25, 0.3) is 0 Å². The minimum atomic E-state index is -4.50. The first kappa shape index (κ1) is 19.0. The number of hydrogen-bond donors (Lipinski definition) is 0. The summed E-state index contributed by atoms with van der Waals surface area (Å²) in [6.07, 6.45) is 0.244. The molecule has 1 aliphatic carbocycles. The molecule has 0 spiro atoms. The maximum atomic E-state index is 13.4. The number of carbonyl (C=O) groups excluding carboxylic acids is 1. The summed E-state index contributed by atoms with van der Waals surface area (Å²) in [6.45, 7) is 2.35. The van der Waals surface area contributed by atoms with Gasteiger partial charge in [0.2, 0.25) is 5.91 Å². The molecule has 9 heteroatoms. The van der Waals surface area contributed by atoms with Crippen molar-refractivity contribution in [2.24, 2.45) is 0 Å². The van der Waals surface area contributed by atoms with E-state index in [-0.39, 0.29) is 24.1 Å². The fourth-order valence-electron chi connectivity index (χ4n) is 4.26. The number of alkyl halides is 3. The van der Waals surface area contributed by atoms with Crippen molar-refractivity contribution in [1.29, 1.82) is 0 Å². The summed E-state index contributed by atoms with van der Waals surface area (Å²) in [5.74, 6) is 0.405. The smallest absolute Gasteiger partial charge is 0.359 e. The normalized spacial score (nSPS) is 19.9. The van der Waals surface area contributed by atoms with E-state index in [1.807, 2.05) is 13.0 Å². The fourth-order valence-corrected chi connectivity index (χ4v) is 4.26. The highest BCUT2D eigenvalue weighted by molar-refractivity contribution is 5.77. The SMILES string of the molecule is CCc1cc(C2CCCN2C(=O)Cn2nc(C(F)(F)F)c3c2CCCC3)on1. The van der Waals surface area contributed by atoms with Crippen LogP contribution in [0.2, 0.25) is 0 Å². The van der Waals surface area contributed by atoms with Crippen LogP contribution in [0, 0.1) is 0 Å². The Bertz CT molecular complexity index is 871. The van der Waals surface area contributed by atoms with Crippen LogP contribution in [0.4, 0.5) is 13.2 Å². The van der Waals surface area contributed by atoms with Gasteiger partial charge in [-0.15, -0.1) is 0 Å². The molecule has 4 rings (SSSR count). The number of carbonyl (C=O) groups is 1. The number of nitrogens with zero attached hydrogens (tertiary/aromatic N) is 4. The zero-order chi connectivity index (χ0) is 19.9. The lowest BCUT2D eigenvalue weighted by molar-refractivity contribution is -0.142. The van der Waals surface area contributed by atoms with E-state index in [0.29, 0.717) is 30.8 Å². The molecule has 28 heavy (non-hydrogen) atoms.